The molecule has 1 aliphatic heterocycles. The smallest absolute Gasteiger partial charge is 0.332 e. The number of carboxylic acids is 1. The summed E-state index contributed by atoms with van der Waals surface area (Å²) in [7, 11) is 0. The number of nitrogens with zero attached hydrogens (tertiary/aromatic N) is 1. The average Bonchev–Trinajstić information content (AvgIpc) is 2.08. The first-order chi connectivity index (χ1) is 6.09. The van der Waals surface area contributed by atoms with Crippen LogP contribution in [0.25, 0.3) is 0 Å². The van der Waals surface area contributed by atoms with Crippen molar-refractivity contribution in [3.63, 3.8) is 0 Å². The minimum absolute atomic E-state index is 0.271. The Bertz CT molecular complexity index is 256. The van der Waals surface area contributed by atoms with Gasteiger partial charge in [-0.25, -0.2) is 4.79 Å². The summed E-state index contributed by atoms with van der Waals surface area (Å²) >= 11 is 0. The van der Waals surface area contributed by atoms with E-state index in [0.717, 1.165) is 19.5 Å². The van der Waals surface area contributed by atoms with Crippen molar-refractivity contribution in [1.29, 1.82) is 0 Å². The standard InChI is InChI=1S/C10H15NO2/c1-8-3-5-11(6-4-8)7-9(2)10(12)13/h3H,2,4-7H2,1H3,(H,12,13). The molecule has 0 aromatic carbocycles. The predicted octanol–water partition coefficient (Wildman–Crippen LogP) is 1.28. The summed E-state index contributed by atoms with van der Waals surface area (Å²) in [6, 6.07) is 0. The van der Waals surface area contributed by atoms with E-state index in [9.17, 15) is 4.79 Å². The Morgan fingerprint density at radius 3 is 2.92 bits per heavy atom. The third-order valence-corrected chi connectivity index (χ3v) is 2.24. The van der Waals surface area contributed by atoms with Crippen molar-refractivity contribution in [3.8, 4) is 0 Å². The summed E-state index contributed by atoms with van der Waals surface area (Å²) in [6.07, 6.45) is 3.17. The monoisotopic (exact) mass is 181 g/mol. The quantitative estimate of drug-likeness (QED) is 0.526. The topological polar surface area (TPSA) is 40.5 Å². The average molecular weight is 181 g/mol. The lowest BCUT2D eigenvalue weighted by Crippen LogP contribution is -2.31. The van der Waals surface area contributed by atoms with Crippen LogP contribution < -0.4 is 0 Å². The fourth-order valence-corrected chi connectivity index (χ4v) is 1.29. The molecule has 0 fully saturated rings. The van der Waals surface area contributed by atoms with Crippen molar-refractivity contribution in [2.75, 3.05) is 19.6 Å². The highest BCUT2D eigenvalue weighted by Gasteiger charge is 2.12. The van der Waals surface area contributed by atoms with E-state index in [1.165, 1.54) is 5.57 Å². The minimum atomic E-state index is -0.897. The predicted molar refractivity (Wildman–Crippen MR) is 51.6 cm³/mol. The molecule has 3 nitrogen and oxygen atoms in total. The fourth-order valence-electron chi connectivity index (χ4n) is 1.29. The maximum Gasteiger partial charge on any atom is 0.332 e. The van der Waals surface area contributed by atoms with E-state index in [-0.39, 0.29) is 5.57 Å². The van der Waals surface area contributed by atoms with Gasteiger partial charge in [0, 0.05) is 25.2 Å². The van der Waals surface area contributed by atoms with E-state index in [1.54, 1.807) is 0 Å². The van der Waals surface area contributed by atoms with E-state index in [2.05, 4.69) is 24.5 Å². The van der Waals surface area contributed by atoms with Crippen LogP contribution in [-0.4, -0.2) is 35.6 Å². The van der Waals surface area contributed by atoms with Crippen molar-refractivity contribution in [2.45, 2.75) is 13.3 Å². The molecule has 3 heteroatoms. The van der Waals surface area contributed by atoms with E-state index < -0.39 is 5.97 Å². The Balaban J connectivity index is 2.40. The van der Waals surface area contributed by atoms with E-state index in [0.29, 0.717) is 6.54 Å². The van der Waals surface area contributed by atoms with Gasteiger partial charge in [-0.1, -0.05) is 18.2 Å². The second-order valence-electron chi connectivity index (χ2n) is 3.44. The van der Waals surface area contributed by atoms with E-state index in [4.69, 9.17) is 5.11 Å². The molecule has 1 heterocycles. The van der Waals surface area contributed by atoms with Gasteiger partial charge in [0.15, 0.2) is 0 Å². The van der Waals surface area contributed by atoms with Crippen molar-refractivity contribution in [3.05, 3.63) is 23.8 Å². The highest BCUT2D eigenvalue weighted by molar-refractivity contribution is 5.86. The third kappa shape index (κ3) is 3.03. The lowest BCUT2D eigenvalue weighted by molar-refractivity contribution is -0.132. The van der Waals surface area contributed by atoms with Gasteiger partial charge in [-0.05, 0) is 13.3 Å². The number of hydrogen-bond donors (Lipinski definition) is 1. The van der Waals surface area contributed by atoms with Gasteiger partial charge in [-0.2, -0.15) is 0 Å². The van der Waals surface area contributed by atoms with Crippen molar-refractivity contribution >= 4 is 5.97 Å². The Kier molecular flexibility index (Phi) is 3.25. The number of aliphatic carboxylic acids is 1. The van der Waals surface area contributed by atoms with Gasteiger partial charge in [-0.15, -0.1) is 0 Å². The molecule has 1 rings (SSSR count). The first-order valence-electron chi connectivity index (χ1n) is 4.38. The molecule has 72 valence electrons. The summed E-state index contributed by atoms with van der Waals surface area (Å²) in [6.45, 7) is 7.86. The summed E-state index contributed by atoms with van der Waals surface area (Å²) in [5.41, 5.74) is 1.66. The molecule has 1 N–H and O–H groups in total. The summed E-state index contributed by atoms with van der Waals surface area (Å²) < 4.78 is 0. The highest BCUT2D eigenvalue weighted by atomic mass is 16.4. The lowest BCUT2D eigenvalue weighted by atomic mass is 10.1. The zero-order valence-corrected chi connectivity index (χ0v) is 7.92. The van der Waals surface area contributed by atoms with Crippen LogP contribution in [0.15, 0.2) is 23.8 Å². The molecule has 0 aromatic rings. The van der Waals surface area contributed by atoms with Crippen molar-refractivity contribution < 1.29 is 9.90 Å². The molecule has 0 unspecified atom stereocenters. The zero-order chi connectivity index (χ0) is 9.84. The minimum Gasteiger partial charge on any atom is -0.478 e. The number of carboxylic acid groups (broad SMARTS) is 1. The molecule has 0 atom stereocenters. The first kappa shape index (κ1) is 9.99. The second kappa shape index (κ2) is 4.23. The molecule has 0 aromatic heterocycles. The van der Waals surface area contributed by atoms with Crippen molar-refractivity contribution in [1.82, 2.24) is 4.90 Å². The highest BCUT2D eigenvalue weighted by Crippen LogP contribution is 2.10. The zero-order valence-electron chi connectivity index (χ0n) is 7.92. The Hall–Kier alpha value is -1.09. The van der Waals surface area contributed by atoms with Crippen LogP contribution in [0.3, 0.4) is 0 Å². The van der Waals surface area contributed by atoms with Crippen LogP contribution >= 0.6 is 0 Å². The molecular formula is C10H15NO2. The second-order valence-corrected chi connectivity index (χ2v) is 3.44. The molecule has 0 radical (unpaired) electrons. The van der Waals surface area contributed by atoms with Crippen LogP contribution in [-0.2, 0) is 4.79 Å². The van der Waals surface area contributed by atoms with Crippen LogP contribution in [0.1, 0.15) is 13.3 Å². The number of hydrogen-bond acceptors (Lipinski definition) is 2. The maximum atomic E-state index is 10.5. The van der Waals surface area contributed by atoms with Gasteiger partial charge in [0.2, 0.25) is 0 Å². The van der Waals surface area contributed by atoms with Crippen molar-refractivity contribution in [2.24, 2.45) is 0 Å². The Morgan fingerprint density at radius 1 is 1.77 bits per heavy atom. The number of carbonyl (C=O) groups is 1. The number of rotatable bonds is 3. The largest absolute Gasteiger partial charge is 0.478 e. The lowest BCUT2D eigenvalue weighted by Gasteiger charge is -2.24. The summed E-state index contributed by atoms with van der Waals surface area (Å²) in [5.74, 6) is -0.897. The SMILES string of the molecule is C=C(CN1CC=C(C)CC1)C(=O)O. The molecule has 0 amide bonds. The van der Waals surface area contributed by atoms with Crippen LogP contribution in [0, 0.1) is 0 Å². The van der Waals surface area contributed by atoms with E-state index in [1.807, 2.05) is 0 Å². The Labute approximate surface area is 78.4 Å². The summed E-state index contributed by atoms with van der Waals surface area (Å²) in [5, 5.41) is 8.62. The van der Waals surface area contributed by atoms with Gasteiger partial charge >= 0.3 is 5.97 Å². The van der Waals surface area contributed by atoms with Crippen LogP contribution in [0.5, 0.6) is 0 Å². The molecule has 0 saturated heterocycles. The fraction of sp³-hybridized carbons (Fsp3) is 0.500. The van der Waals surface area contributed by atoms with Gasteiger partial charge in [-0.3, -0.25) is 4.90 Å². The first-order valence-corrected chi connectivity index (χ1v) is 4.38. The third-order valence-electron chi connectivity index (χ3n) is 2.24. The molecule has 0 bridgehead atoms. The maximum absolute atomic E-state index is 10.5. The van der Waals surface area contributed by atoms with Gasteiger partial charge in [0.05, 0.1) is 0 Å². The normalized spacial score (nSPS) is 18.1. The van der Waals surface area contributed by atoms with Crippen LogP contribution in [0.2, 0.25) is 0 Å². The molecule has 0 saturated carbocycles. The van der Waals surface area contributed by atoms with Gasteiger partial charge in [0.1, 0.15) is 0 Å². The van der Waals surface area contributed by atoms with Crippen LogP contribution in [0.4, 0.5) is 0 Å². The van der Waals surface area contributed by atoms with Gasteiger partial charge in [0.25, 0.3) is 0 Å². The van der Waals surface area contributed by atoms with Gasteiger partial charge < -0.3 is 5.11 Å². The molecular weight excluding hydrogens is 166 g/mol. The van der Waals surface area contributed by atoms with E-state index >= 15 is 0 Å². The molecule has 0 aliphatic carbocycles. The summed E-state index contributed by atoms with van der Waals surface area (Å²) in [4.78, 5) is 12.6. The molecule has 1 aliphatic rings. The Morgan fingerprint density at radius 2 is 2.46 bits per heavy atom. The molecule has 0 spiro atoms. The molecule has 13 heavy (non-hydrogen) atoms.